The Morgan fingerprint density at radius 3 is 1.71 bits per heavy atom. The molecule has 3 heteroatoms. The summed E-state index contributed by atoms with van der Waals surface area (Å²) in [6, 6.07) is 11.1. The van der Waals surface area contributed by atoms with Crippen molar-refractivity contribution in [2.75, 3.05) is 0 Å². The molecule has 0 saturated carbocycles. The predicted molar refractivity (Wildman–Crippen MR) is 107 cm³/mol. The van der Waals surface area contributed by atoms with Crippen LogP contribution in [0.5, 0.6) is 0 Å². The van der Waals surface area contributed by atoms with Crippen LogP contribution in [0.3, 0.4) is 0 Å². The van der Waals surface area contributed by atoms with Crippen LogP contribution < -0.4 is 5.19 Å². The number of rotatable bonds is 5. The fourth-order valence-electron chi connectivity index (χ4n) is 2.26. The van der Waals surface area contributed by atoms with Crippen LogP contribution in [0, 0.1) is 0 Å². The Hall–Kier alpha value is -0.649. The van der Waals surface area contributed by atoms with Gasteiger partial charge in [0.05, 0.1) is 16.1 Å². The second kappa shape index (κ2) is 6.63. The van der Waals surface area contributed by atoms with E-state index < -0.39 is 24.2 Å². The fourth-order valence-corrected chi connectivity index (χ4v) is 8.74. The van der Waals surface area contributed by atoms with Gasteiger partial charge in [0, 0.05) is 0 Å². The number of benzene rings is 1. The van der Waals surface area contributed by atoms with Crippen molar-refractivity contribution in [2.24, 2.45) is 0 Å². The first-order valence-corrected chi connectivity index (χ1v) is 18.1. The molecule has 0 unspecified atom stereocenters. The van der Waals surface area contributed by atoms with E-state index in [-0.39, 0.29) is 0 Å². The van der Waals surface area contributed by atoms with Crippen molar-refractivity contribution in [1.29, 1.82) is 0 Å². The topological polar surface area (TPSA) is 0 Å². The Balaban J connectivity index is 3.31. The van der Waals surface area contributed by atoms with E-state index in [4.69, 9.17) is 0 Å². The van der Waals surface area contributed by atoms with Gasteiger partial charge in [0.25, 0.3) is 0 Å². The molecule has 0 spiro atoms. The van der Waals surface area contributed by atoms with Crippen molar-refractivity contribution in [3.8, 4) is 0 Å². The fraction of sp³-hybridized carbons (Fsp3) is 0.444. The Morgan fingerprint density at radius 1 is 0.762 bits per heavy atom. The van der Waals surface area contributed by atoms with Gasteiger partial charge < -0.3 is 0 Å². The first-order chi connectivity index (χ1) is 9.42. The minimum atomic E-state index is -1.59. The Kier molecular flexibility index (Phi) is 5.81. The summed E-state index contributed by atoms with van der Waals surface area (Å²) in [6.45, 7) is 19.5. The van der Waals surface area contributed by atoms with Gasteiger partial charge in [0.1, 0.15) is 8.07 Å². The monoisotopic (exact) mass is 332 g/mol. The summed E-state index contributed by atoms with van der Waals surface area (Å²) in [7, 11) is -3.97. The molecule has 0 amide bonds. The Morgan fingerprint density at radius 2 is 1.29 bits per heavy atom. The van der Waals surface area contributed by atoms with E-state index in [1.807, 2.05) is 0 Å². The second-order valence-electron chi connectivity index (χ2n) is 8.66. The highest BCUT2D eigenvalue weighted by Crippen LogP contribution is 2.21. The highest BCUT2D eigenvalue weighted by atomic mass is 28.3. The first kappa shape index (κ1) is 18.4. The molecule has 0 fully saturated rings. The van der Waals surface area contributed by atoms with E-state index in [0.717, 1.165) is 0 Å². The van der Waals surface area contributed by atoms with Crippen molar-refractivity contribution in [1.82, 2.24) is 0 Å². The van der Waals surface area contributed by atoms with E-state index in [9.17, 15) is 0 Å². The highest BCUT2D eigenvalue weighted by molar-refractivity contribution is 6.98. The van der Waals surface area contributed by atoms with Crippen molar-refractivity contribution in [2.45, 2.75) is 52.4 Å². The maximum absolute atomic E-state index is 2.63. The summed E-state index contributed by atoms with van der Waals surface area (Å²) in [5, 5.41) is 3.16. The van der Waals surface area contributed by atoms with Crippen LogP contribution >= 0.6 is 0 Å². The minimum Gasteiger partial charge on any atom is -0.0953 e. The summed E-state index contributed by atoms with van der Waals surface area (Å²) < 4.78 is 0. The number of allylic oxidation sites excluding steroid dienone is 2. The lowest BCUT2D eigenvalue weighted by molar-refractivity contribution is 1.63. The summed E-state index contributed by atoms with van der Waals surface area (Å²) in [5.74, 6) is 0. The van der Waals surface area contributed by atoms with E-state index in [1.165, 1.54) is 5.19 Å². The van der Waals surface area contributed by atoms with Crippen molar-refractivity contribution in [3.63, 3.8) is 0 Å². The van der Waals surface area contributed by atoms with Crippen LogP contribution in [-0.4, -0.2) is 24.2 Å². The van der Waals surface area contributed by atoms with Gasteiger partial charge in [-0.1, -0.05) is 111 Å². The average molecular weight is 333 g/mol. The third kappa shape index (κ3) is 6.32. The molecule has 1 aromatic rings. The largest absolute Gasteiger partial charge is 0.111 e. The molecule has 0 aliphatic carbocycles. The lowest BCUT2D eigenvalue weighted by Crippen LogP contribution is -2.44. The molecule has 0 radical (unpaired) electrons. The summed E-state index contributed by atoms with van der Waals surface area (Å²) >= 11 is 0. The summed E-state index contributed by atoms with van der Waals surface area (Å²) in [4.78, 5) is 0. The number of hydrogen-bond donors (Lipinski definition) is 0. The van der Waals surface area contributed by atoms with Gasteiger partial charge in [-0.3, -0.25) is 0 Å². The molecule has 0 saturated heterocycles. The summed E-state index contributed by atoms with van der Waals surface area (Å²) in [5.41, 5.74) is 5.14. The van der Waals surface area contributed by atoms with E-state index in [0.29, 0.717) is 0 Å². The lowest BCUT2D eigenvalue weighted by atomic mass is 10.4. The van der Waals surface area contributed by atoms with Gasteiger partial charge >= 0.3 is 0 Å². The quantitative estimate of drug-likeness (QED) is 0.501. The molecular weight excluding hydrogens is 300 g/mol. The van der Waals surface area contributed by atoms with E-state index in [1.54, 1.807) is 5.20 Å². The Bertz CT molecular complexity index is 512. The normalized spacial score (nSPS) is 14.8. The Labute approximate surface area is 135 Å². The highest BCUT2D eigenvalue weighted by Gasteiger charge is 2.28. The van der Waals surface area contributed by atoms with Crippen molar-refractivity contribution in [3.05, 3.63) is 53.0 Å². The van der Waals surface area contributed by atoms with Crippen LogP contribution in [0.25, 0.3) is 0 Å². The van der Waals surface area contributed by atoms with Gasteiger partial charge in [0.15, 0.2) is 0 Å². The molecule has 1 aromatic carbocycles. The predicted octanol–water partition coefficient (Wildman–Crippen LogP) is 5.38. The van der Waals surface area contributed by atoms with Crippen LogP contribution in [0.4, 0.5) is 0 Å². The standard InChI is InChI=1S/C18H32Si3/c1-19(2,3)15-14-18(16-20(4,5)6)21(7,8)17-12-10-9-11-13-17/h9-16H,1-8H3/b15-14+,18-16-. The van der Waals surface area contributed by atoms with Gasteiger partial charge in [-0.15, -0.1) is 0 Å². The van der Waals surface area contributed by atoms with Crippen LogP contribution in [0.15, 0.2) is 53.0 Å². The molecule has 1 rings (SSSR count). The number of hydrogen-bond acceptors (Lipinski definition) is 0. The van der Waals surface area contributed by atoms with Crippen LogP contribution in [0.2, 0.25) is 52.4 Å². The minimum absolute atomic E-state index is 1.16. The summed E-state index contributed by atoms with van der Waals surface area (Å²) in [6.07, 6.45) is 2.48. The maximum Gasteiger partial charge on any atom is 0.111 e. The van der Waals surface area contributed by atoms with Gasteiger partial charge in [-0.25, -0.2) is 0 Å². The molecule has 116 valence electrons. The zero-order valence-electron chi connectivity index (χ0n) is 15.1. The molecule has 0 N–H and O–H groups in total. The maximum atomic E-state index is 2.63. The zero-order chi connectivity index (χ0) is 16.3. The molecule has 0 heterocycles. The molecular formula is C18H32Si3. The zero-order valence-corrected chi connectivity index (χ0v) is 18.1. The molecule has 0 aromatic heterocycles. The molecule has 0 nitrogen and oxygen atoms in total. The lowest BCUT2D eigenvalue weighted by Gasteiger charge is -2.28. The van der Waals surface area contributed by atoms with E-state index in [2.05, 4.69) is 100 Å². The third-order valence-corrected chi connectivity index (χ3v) is 9.73. The van der Waals surface area contributed by atoms with Gasteiger partial charge in [0.2, 0.25) is 0 Å². The third-order valence-electron chi connectivity index (χ3n) is 3.57. The molecule has 0 aliphatic rings. The smallest absolute Gasteiger partial charge is 0.0953 e. The molecule has 0 bridgehead atoms. The van der Waals surface area contributed by atoms with Crippen molar-refractivity contribution < 1.29 is 0 Å². The first-order valence-electron chi connectivity index (χ1n) is 7.90. The molecule has 21 heavy (non-hydrogen) atoms. The van der Waals surface area contributed by atoms with Gasteiger partial charge in [-0.05, 0) is 0 Å². The van der Waals surface area contributed by atoms with Crippen LogP contribution in [-0.2, 0) is 0 Å². The SMILES string of the molecule is C[Si](C)(C)/C=C(/C=C/[Si](C)(C)C)[Si](C)(C)c1ccccc1. The van der Waals surface area contributed by atoms with Crippen molar-refractivity contribution >= 4 is 29.4 Å². The van der Waals surface area contributed by atoms with Gasteiger partial charge in [-0.2, -0.15) is 0 Å². The van der Waals surface area contributed by atoms with Crippen LogP contribution in [0.1, 0.15) is 0 Å². The average Bonchev–Trinajstić information content (AvgIpc) is 2.33. The van der Waals surface area contributed by atoms with E-state index >= 15 is 0 Å². The molecule has 0 aliphatic heterocycles. The second-order valence-corrected chi connectivity index (χ2v) is 23.1. The molecule has 0 atom stereocenters.